The van der Waals surface area contributed by atoms with E-state index in [9.17, 15) is 4.79 Å². The van der Waals surface area contributed by atoms with Crippen LogP contribution in [0.1, 0.15) is 12.6 Å². The number of aromatic nitrogens is 2. The molecule has 0 unspecified atom stereocenters. The molecule has 0 saturated carbocycles. The molecular formula is C18H18N4O3. The van der Waals surface area contributed by atoms with E-state index in [0.29, 0.717) is 35.2 Å². The highest BCUT2D eigenvalue weighted by Gasteiger charge is 2.15. The first-order valence-corrected chi connectivity index (χ1v) is 7.89. The summed E-state index contributed by atoms with van der Waals surface area (Å²) in [7, 11) is 1.34. The minimum Gasteiger partial charge on any atom is -0.492 e. The summed E-state index contributed by atoms with van der Waals surface area (Å²) in [6.07, 6.45) is 1.85. The van der Waals surface area contributed by atoms with Gasteiger partial charge in [-0.05, 0) is 31.2 Å². The lowest BCUT2D eigenvalue weighted by Gasteiger charge is -2.05. The van der Waals surface area contributed by atoms with Crippen LogP contribution >= 0.6 is 0 Å². The zero-order valence-corrected chi connectivity index (χ0v) is 14.0. The summed E-state index contributed by atoms with van der Waals surface area (Å²) in [5, 5.41) is 8.63. The average Bonchev–Trinajstić information content (AvgIpc) is 2.98. The Kier molecular flexibility index (Phi) is 5.03. The SMILES string of the molecule is CCOc1ccccc1N=Nc1c(CC(=O)OC)nc2ccccn12. The highest BCUT2D eigenvalue weighted by atomic mass is 16.5. The molecule has 7 nitrogen and oxygen atoms in total. The van der Waals surface area contributed by atoms with E-state index in [2.05, 4.69) is 15.2 Å². The van der Waals surface area contributed by atoms with E-state index in [1.54, 1.807) is 4.40 Å². The Hall–Kier alpha value is -3.22. The van der Waals surface area contributed by atoms with Gasteiger partial charge in [-0.3, -0.25) is 9.20 Å². The summed E-state index contributed by atoms with van der Waals surface area (Å²) in [5.41, 5.74) is 1.81. The fraction of sp³-hybridized carbons (Fsp3) is 0.222. The smallest absolute Gasteiger partial charge is 0.311 e. The predicted molar refractivity (Wildman–Crippen MR) is 92.7 cm³/mol. The van der Waals surface area contributed by atoms with Crippen LogP contribution in [0.4, 0.5) is 11.5 Å². The van der Waals surface area contributed by atoms with Crippen molar-refractivity contribution in [2.45, 2.75) is 13.3 Å². The van der Waals surface area contributed by atoms with Gasteiger partial charge in [0.25, 0.3) is 0 Å². The molecule has 1 aromatic carbocycles. The van der Waals surface area contributed by atoms with E-state index in [1.807, 2.05) is 55.6 Å². The maximum atomic E-state index is 11.7. The lowest BCUT2D eigenvalue weighted by molar-refractivity contribution is -0.139. The number of hydrogen-bond donors (Lipinski definition) is 0. The Labute approximate surface area is 144 Å². The molecule has 128 valence electrons. The molecule has 0 spiro atoms. The minimum absolute atomic E-state index is 0.0274. The standard InChI is InChI=1S/C18H18N4O3/c1-3-25-15-9-5-4-8-13(15)20-21-18-14(12-17(23)24-2)19-16-10-6-7-11-22(16)18/h4-11H,3,12H2,1-2H3. The maximum Gasteiger partial charge on any atom is 0.311 e. The first-order valence-electron chi connectivity index (χ1n) is 7.89. The van der Waals surface area contributed by atoms with Crippen molar-refractivity contribution < 1.29 is 14.3 Å². The summed E-state index contributed by atoms with van der Waals surface area (Å²) in [5.74, 6) is 0.763. The topological polar surface area (TPSA) is 77.5 Å². The molecular weight excluding hydrogens is 320 g/mol. The van der Waals surface area contributed by atoms with Gasteiger partial charge < -0.3 is 9.47 Å². The van der Waals surface area contributed by atoms with Gasteiger partial charge in [0.15, 0.2) is 5.82 Å². The molecule has 0 aliphatic carbocycles. The molecule has 7 heteroatoms. The van der Waals surface area contributed by atoms with Crippen LogP contribution in [0.5, 0.6) is 5.75 Å². The van der Waals surface area contributed by atoms with Gasteiger partial charge >= 0.3 is 5.97 Å². The van der Waals surface area contributed by atoms with E-state index >= 15 is 0 Å². The van der Waals surface area contributed by atoms with Crippen LogP contribution in [0.15, 0.2) is 58.9 Å². The van der Waals surface area contributed by atoms with Gasteiger partial charge in [0.1, 0.15) is 17.1 Å². The normalized spacial score (nSPS) is 11.1. The number of benzene rings is 1. The van der Waals surface area contributed by atoms with Crippen molar-refractivity contribution in [2.24, 2.45) is 10.2 Å². The van der Waals surface area contributed by atoms with Gasteiger partial charge in [-0.2, -0.15) is 0 Å². The monoisotopic (exact) mass is 338 g/mol. The van der Waals surface area contributed by atoms with E-state index in [0.717, 1.165) is 0 Å². The van der Waals surface area contributed by atoms with Crippen molar-refractivity contribution >= 4 is 23.1 Å². The Morgan fingerprint density at radius 1 is 1.16 bits per heavy atom. The number of rotatable bonds is 6. The average molecular weight is 338 g/mol. The van der Waals surface area contributed by atoms with Gasteiger partial charge in [-0.15, -0.1) is 10.2 Å². The molecule has 0 bridgehead atoms. The summed E-state index contributed by atoms with van der Waals surface area (Å²) < 4.78 is 12.1. The Bertz CT molecular complexity index is 918. The van der Waals surface area contributed by atoms with Gasteiger partial charge in [-0.1, -0.05) is 18.2 Å². The van der Waals surface area contributed by atoms with Crippen molar-refractivity contribution in [1.82, 2.24) is 9.38 Å². The number of pyridine rings is 1. The molecule has 0 aliphatic rings. The lowest BCUT2D eigenvalue weighted by atomic mass is 10.3. The lowest BCUT2D eigenvalue weighted by Crippen LogP contribution is -2.04. The first kappa shape index (κ1) is 16.6. The minimum atomic E-state index is -0.380. The van der Waals surface area contributed by atoms with Gasteiger partial charge in [0, 0.05) is 6.20 Å². The van der Waals surface area contributed by atoms with Crippen LogP contribution in [0.2, 0.25) is 0 Å². The summed E-state index contributed by atoms with van der Waals surface area (Å²) >= 11 is 0. The molecule has 25 heavy (non-hydrogen) atoms. The number of carbonyl (C=O) groups excluding carboxylic acids is 1. The number of carbonyl (C=O) groups is 1. The maximum absolute atomic E-state index is 11.7. The van der Waals surface area contributed by atoms with Gasteiger partial charge in [0.2, 0.25) is 0 Å². The molecule has 0 N–H and O–H groups in total. The number of ether oxygens (including phenoxy) is 2. The fourth-order valence-electron chi connectivity index (χ4n) is 2.38. The number of imidazole rings is 1. The third kappa shape index (κ3) is 3.65. The third-order valence-electron chi connectivity index (χ3n) is 3.53. The number of para-hydroxylation sites is 1. The number of nitrogens with zero attached hydrogens (tertiary/aromatic N) is 4. The van der Waals surface area contributed by atoms with Crippen molar-refractivity contribution in [3.8, 4) is 5.75 Å². The van der Waals surface area contributed by atoms with E-state index in [4.69, 9.17) is 9.47 Å². The Morgan fingerprint density at radius 2 is 1.96 bits per heavy atom. The molecule has 3 aromatic rings. The van der Waals surface area contributed by atoms with E-state index in [-0.39, 0.29) is 12.4 Å². The van der Waals surface area contributed by atoms with Crippen molar-refractivity contribution in [3.05, 3.63) is 54.4 Å². The van der Waals surface area contributed by atoms with Crippen LogP contribution < -0.4 is 4.74 Å². The molecule has 0 aliphatic heterocycles. The van der Waals surface area contributed by atoms with Gasteiger partial charge in [-0.25, -0.2) is 4.98 Å². The quantitative estimate of drug-likeness (QED) is 0.505. The summed E-state index contributed by atoms with van der Waals surface area (Å²) in [4.78, 5) is 16.1. The second-order valence-corrected chi connectivity index (χ2v) is 5.16. The molecule has 2 aromatic heterocycles. The number of azo groups is 1. The van der Waals surface area contributed by atoms with Crippen LogP contribution in [-0.2, 0) is 16.0 Å². The zero-order chi connectivity index (χ0) is 17.6. The van der Waals surface area contributed by atoms with E-state index in [1.165, 1.54) is 7.11 Å². The fourth-order valence-corrected chi connectivity index (χ4v) is 2.38. The highest BCUT2D eigenvalue weighted by Crippen LogP contribution is 2.30. The summed E-state index contributed by atoms with van der Waals surface area (Å²) in [6.45, 7) is 2.45. The second kappa shape index (κ2) is 7.57. The van der Waals surface area contributed by atoms with Crippen molar-refractivity contribution in [2.75, 3.05) is 13.7 Å². The molecule has 0 amide bonds. The Morgan fingerprint density at radius 3 is 2.76 bits per heavy atom. The van der Waals surface area contributed by atoms with Gasteiger partial charge in [0.05, 0.1) is 25.8 Å². The predicted octanol–water partition coefficient (Wildman–Crippen LogP) is 3.86. The van der Waals surface area contributed by atoms with E-state index < -0.39 is 0 Å². The molecule has 3 rings (SSSR count). The molecule has 2 heterocycles. The molecule has 0 atom stereocenters. The number of hydrogen-bond acceptors (Lipinski definition) is 6. The second-order valence-electron chi connectivity index (χ2n) is 5.16. The number of methoxy groups -OCH3 is 1. The highest BCUT2D eigenvalue weighted by molar-refractivity contribution is 5.74. The van der Waals surface area contributed by atoms with Crippen LogP contribution in [0, 0.1) is 0 Å². The Balaban J connectivity index is 2.02. The number of fused-ring (bicyclic) bond motifs is 1. The van der Waals surface area contributed by atoms with Crippen molar-refractivity contribution in [3.63, 3.8) is 0 Å². The molecule has 0 fully saturated rings. The van der Waals surface area contributed by atoms with Crippen molar-refractivity contribution in [1.29, 1.82) is 0 Å². The zero-order valence-electron chi connectivity index (χ0n) is 14.0. The summed E-state index contributed by atoms with van der Waals surface area (Å²) in [6, 6.07) is 13.0. The molecule has 0 radical (unpaired) electrons. The largest absolute Gasteiger partial charge is 0.492 e. The van der Waals surface area contributed by atoms with Crippen LogP contribution in [0.25, 0.3) is 5.65 Å². The third-order valence-corrected chi connectivity index (χ3v) is 3.53. The molecule has 0 saturated heterocycles. The first-order chi connectivity index (χ1) is 12.2. The number of esters is 1. The van der Waals surface area contributed by atoms with Crippen LogP contribution in [0.3, 0.4) is 0 Å². The van der Waals surface area contributed by atoms with Crippen LogP contribution in [-0.4, -0.2) is 29.1 Å².